The maximum Gasteiger partial charge on any atom is 0.275 e. The zero-order valence-corrected chi connectivity index (χ0v) is 11.4. The van der Waals surface area contributed by atoms with E-state index in [-0.39, 0.29) is 18.0 Å². The topological polar surface area (TPSA) is 111 Å². The number of carbonyl (C=O) groups excluding carboxylic acids is 2. The standard InChI is InChI=1S/C13H15N3O5/c1-2-21-10-6-8(5-9(7-10)16(19)20)14-11-3-4-12(17)15-13(11)18/h5-7,11,14H,2-4H2,1H3,(H,15,17,18). The number of non-ortho nitro benzene ring substituents is 1. The average molecular weight is 293 g/mol. The molecule has 21 heavy (non-hydrogen) atoms. The Balaban J connectivity index is 2.20. The minimum atomic E-state index is -0.598. The van der Waals surface area contributed by atoms with Gasteiger partial charge in [0.1, 0.15) is 11.8 Å². The van der Waals surface area contributed by atoms with Crippen molar-refractivity contribution in [2.75, 3.05) is 11.9 Å². The Morgan fingerprint density at radius 3 is 2.81 bits per heavy atom. The summed E-state index contributed by atoms with van der Waals surface area (Å²) in [6.45, 7) is 2.14. The van der Waals surface area contributed by atoms with E-state index in [0.29, 0.717) is 24.5 Å². The van der Waals surface area contributed by atoms with E-state index in [9.17, 15) is 19.7 Å². The van der Waals surface area contributed by atoms with Crippen LogP contribution in [-0.2, 0) is 9.59 Å². The van der Waals surface area contributed by atoms with Gasteiger partial charge in [-0.25, -0.2) is 0 Å². The van der Waals surface area contributed by atoms with Gasteiger partial charge in [0.2, 0.25) is 11.8 Å². The number of hydrogen-bond acceptors (Lipinski definition) is 6. The highest BCUT2D eigenvalue weighted by Crippen LogP contribution is 2.27. The molecule has 1 atom stereocenters. The average Bonchev–Trinajstić information content (AvgIpc) is 2.42. The lowest BCUT2D eigenvalue weighted by atomic mass is 10.1. The fraction of sp³-hybridized carbons (Fsp3) is 0.385. The molecule has 8 heteroatoms. The number of amides is 2. The lowest BCUT2D eigenvalue weighted by Crippen LogP contribution is -2.47. The van der Waals surface area contributed by atoms with Gasteiger partial charge in [-0.1, -0.05) is 0 Å². The largest absolute Gasteiger partial charge is 0.494 e. The molecule has 1 aliphatic rings. The van der Waals surface area contributed by atoms with Crippen molar-refractivity contribution in [1.29, 1.82) is 0 Å². The summed E-state index contributed by atoms with van der Waals surface area (Å²) in [5.74, 6) is -0.399. The van der Waals surface area contributed by atoms with Crippen LogP contribution in [0, 0.1) is 10.1 Å². The summed E-state index contributed by atoms with van der Waals surface area (Å²) in [5.41, 5.74) is 0.276. The molecule has 2 N–H and O–H groups in total. The first-order valence-corrected chi connectivity index (χ1v) is 6.52. The van der Waals surface area contributed by atoms with Crippen molar-refractivity contribution in [1.82, 2.24) is 5.32 Å². The molecule has 2 amide bonds. The molecule has 8 nitrogen and oxygen atoms in total. The Morgan fingerprint density at radius 1 is 1.43 bits per heavy atom. The summed E-state index contributed by atoms with van der Waals surface area (Å²) in [7, 11) is 0. The lowest BCUT2D eigenvalue weighted by molar-refractivity contribution is -0.384. The Bertz CT molecular complexity index is 587. The zero-order valence-electron chi connectivity index (χ0n) is 11.4. The molecular weight excluding hydrogens is 278 g/mol. The van der Waals surface area contributed by atoms with Gasteiger partial charge in [-0.05, 0) is 13.3 Å². The molecular formula is C13H15N3O5. The maximum absolute atomic E-state index is 11.7. The number of nitrogens with zero attached hydrogens (tertiary/aromatic N) is 1. The molecule has 1 unspecified atom stereocenters. The van der Waals surface area contributed by atoms with E-state index in [0.717, 1.165) is 0 Å². The third-order valence-corrected chi connectivity index (χ3v) is 2.99. The first-order chi connectivity index (χ1) is 9.99. The second-order valence-electron chi connectivity index (χ2n) is 4.55. The number of piperidine rings is 1. The molecule has 1 fully saturated rings. The van der Waals surface area contributed by atoms with Gasteiger partial charge in [0.05, 0.1) is 17.6 Å². The summed E-state index contributed by atoms with van der Waals surface area (Å²) >= 11 is 0. The summed E-state index contributed by atoms with van der Waals surface area (Å²) in [6.07, 6.45) is 0.577. The Morgan fingerprint density at radius 2 is 2.19 bits per heavy atom. The van der Waals surface area contributed by atoms with Crippen LogP contribution in [0.1, 0.15) is 19.8 Å². The predicted molar refractivity (Wildman–Crippen MR) is 74.1 cm³/mol. The summed E-state index contributed by atoms with van der Waals surface area (Å²) < 4.78 is 5.27. The van der Waals surface area contributed by atoms with Gasteiger partial charge in [-0.15, -0.1) is 0 Å². The number of anilines is 1. The van der Waals surface area contributed by atoms with E-state index in [1.165, 1.54) is 12.1 Å². The van der Waals surface area contributed by atoms with Crippen molar-refractivity contribution in [2.45, 2.75) is 25.8 Å². The number of nitro groups is 1. The monoisotopic (exact) mass is 293 g/mol. The smallest absolute Gasteiger partial charge is 0.275 e. The van der Waals surface area contributed by atoms with E-state index < -0.39 is 16.9 Å². The number of hydrogen-bond donors (Lipinski definition) is 2. The minimum Gasteiger partial charge on any atom is -0.494 e. The van der Waals surface area contributed by atoms with Crippen molar-refractivity contribution in [3.05, 3.63) is 28.3 Å². The van der Waals surface area contributed by atoms with Crippen LogP contribution in [0.3, 0.4) is 0 Å². The number of benzene rings is 1. The molecule has 1 aromatic carbocycles. The maximum atomic E-state index is 11.7. The van der Waals surface area contributed by atoms with Gasteiger partial charge >= 0.3 is 0 Å². The molecule has 1 aromatic rings. The summed E-state index contributed by atoms with van der Waals surface area (Å²) in [4.78, 5) is 33.1. The molecule has 112 valence electrons. The van der Waals surface area contributed by atoms with E-state index >= 15 is 0 Å². The third kappa shape index (κ3) is 3.68. The van der Waals surface area contributed by atoms with Crippen LogP contribution in [0.4, 0.5) is 11.4 Å². The number of nitrogens with one attached hydrogen (secondary N) is 2. The molecule has 1 aliphatic heterocycles. The van der Waals surface area contributed by atoms with Crippen LogP contribution >= 0.6 is 0 Å². The van der Waals surface area contributed by atoms with Crippen molar-refractivity contribution in [2.24, 2.45) is 0 Å². The highest BCUT2D eigenvalue weighted by atomic mass is 16.6. The highest BCUT2D eigenvalue weighted by Gasteiger charge is 2.26. The number of rotatable bonds is 5. The quantitative estimate of drug-likeness (QED) is 0.479. The second-order valence-corrected chi connectivity index (χ2v) is 4.55. The Hall–Kier alpha value is -2.64. The van der Waals surface area contributed by atoms with E-state index in [1.54, 1.807) is 13.0 Å². The van der Waals surface area contributed by atoms with E-state index in [4.69, 9.17) is 4.74 Å². The van der Waals surface area contributed by atoms with E-state index in [1.807, 2.05) is 0 Å². The molecule has 0 aromatic heterocycles. The Kier molecular flexibility index (Phi) is 4.36. The van der Waals surface area contributed by atoms with E-state index in [2.05, 4.69) is 10.6 Å². The first kappa shape index (κ1) is 14.8. The molecule has 0 bridgehead atoms. The van der Waals surface area contributed by atoms with Crippen LogP contribution < -0.4 is 15.4 Å². The molecule has 0 saturated carbocycles. The van der Waals surface area contributed by atoms with Crippen molar-refractivity contribution in [3.8, 4) is 5.75 Å². The van der Waals surface area contributed by atoms with Crippen molar-refractivity contribution >= 4 is 23.2 Å². The summed E-state index contributed by atoms with van der Waals surface area (Å²) in [6, 6.07) is 3.63. The van der Waals surface area contributed by atoms with Crippen LogP contribution in [0.25, 0.3) is 0 Å². The van der Waals surface area contributed by atoms with Gasteiger partial charge in [0, 0.05) is 24.2 Å². The lowest BCUT2D eigenvalue weighted by Gasteiger charge is -2.22. The van der Waals surface area contributed by atoms with Gasteiger partial charge in [-0.2, -0.15) is 0 Å². The van der Waals surface area contributed by atoms with Gasteiger partial charge in [0.25, 0.3) is 5.69 Å². The molecule has 2 rings (SSSR count). The third-order valence-electron chi connectivity index (χ3n) is 2.99. The number of carbonyl (C=O) groups is 2. The number of ether oxygens (including phenoxy) is 1. The normalized spacial score (nSPS) is 18.0. The summed E-state index contributed by atoms with van der Waals surface area (Å²) in [5, 5.41) is 16.0. The van der Waals surface area contributed by atoms with Crippen LogP contribution in [0.15, 0.2) is 18.2 Å². The molecule has 1 saturated heterocycles. The van der Waals surface area contributed by atoms with Gasteiger partial charge < -0.3 is 10.1 Å². The SMILES string of the molecule is CCOc1cc(NC2CCC(=O)NC2=O)cc([N+](=O)[O-])c1. The number of imide groups is 1. The first-order valence-electron chi connectivity index (χ1n) is 6.52. The fourth-order valence-corrected chi connectivity index (χ4v) is 2.05. The highest BCUT2D eigenvalue weighted by molar-refractivity contribution is 6.01. The molecule has 0 aliphatic carbocycles. The fourth-order valence-electron chi connectivity index (χ4n) is 2.05. The second kappa shape index (κ2) is 6.21. The van der Waals surface area contributed by atoms with Crippen LogP contribution in [-0.4, -0.2) is 29.4 Å². The zero-order chi connectivity index (χ0) is 15.4. The van der Waals surface area contributed by atoms with Crippen LogP contribution in [0.2, 0.25) is 0 Å². The number of nitro benzene ring substituents is 1. The van der Waals surface area contributed by atoms with Gasteiger partial charge in [-0.3, -0.25) is 25.0 Å². The molecule has 1 heterocycles. The molecule has 0 radical (unpaired) electrons. The van der Waals surface area contributed by atoms with Crippen molar-refractivity contribution in [3.63, 3.8) is 0 Å². The molecule has 0 spiro atoms. The van der Waals surface area contributed by atoms with Crippen LogP contribution in [0.5, 0.6) is 5.75 Å². The Labute approximate surface area is 120 Å². The van der Waals surface area contributed by atoms with Gasteiger partial charge in [0.15, 0.2) is 0 Å². The van der Waals surface area contributed by atoms with Crippen molar-refractivity contribution < 1.29 is 19.2 Å². The minimum absolute atomic E-state index is 0.129. The predicted octanol–water partition coefficient (Wildman–Crippen LogP) is 1.21.